The molecular weight excluding hydrogens is 416 g/mol. The smallest absolute Gasteiger partial charge is 0.253 e. The molecule has 8 nitrogen and oxygen atoms in total. The summed E-state index contributed by atoms with van der Waals surface area (Å²) in [5.41, 5.74) is 3.53. The highest BCUT2D eigenvalue weighted by Gasteiger charge is 2.22. The van der Waals surface area contributed by atoms with E-state index in [1.165, 1.54) is 0 Å². The second kappa shape index (κ2) is 8.14. The van der Waals surface area contributed by atoms with Gasteiger partial charge >= 0.3 is 0 Å². The van der Waals surface area contributed by atoms with Gasteiger partial charge in [-0.15, -0.1) is 0 Å². The molecule has 5 heterocycles. The maximum atomic E-state index is 7.69. The van der Waals surface area contributed by atoms with Crippen LogP contribution in [0.15, 0.2) is 71.4 Å². The van der Waals surface area contributed by atoms with E-state index in [2.05, 4.69) is 15.0 Å². The van der Waals surface area contributed by atoms with Gasteiger partial charge in [0.25, 0.3) is 5.95 Å². The molecule has 1 aliphatic heterocycles. The fourth-order valence-corrected chi connectivity index (χ4v) is 3.90. The number of benzene rings is 1. The van der Waals surface area contributed by atoms with Gasteiger partial charge in [0.2, 0.25) is 0 Å². The lowest BCUT2D eigenvalue weighted by atomic mass is 10.1. The maximum absolute atomic E-state index is 7.69. The first-order chi connectivity index (χ1) is 17.5. The van der Waals surface area contributed by atoms with E-state index in [1.807, 2.05) is 36.4 Å². The van der Waals surface area contributed by atoms with Gasteiger partial charge in [-0.2, -0.15) is 10.1 Å². The molecule has 0 spiro atoms. The van der Waals surface area contributed by atoms with Gasteiger partial charge in [0.1, 0.15) is 11.2 Å². The minimum Gasteiger partial charge on any atom is -0.449 e. The van der Waals surface area contributed by atoms with Crippen molar-refractivity contribution in [2.24, 2.45) is 0 Å². The van der Waals surface area contributed by atoms with Crippen LogP contribution in [-0.4, -0.2) is 51.0 Å². The predicted molar refractivity (Wildman–Crippen MR) is 125 cm³/mol. The van der Waals surface area contributed by atoms with Crippen LogP contribution in [0.1, 0.15) is 9.68 Å². The first-order valence-electron chi connectivity index (χ1n) is 12.2. The molecule has 0 N–H and O–H groups in total. The minimum absolute atomic E-state index is 0.266. The van der Waals surface area contributed by atoms with E-state index in [4.69, 9.17) is 23.2 Å². The van der Waals surface area contributed by atoms with Crippen molar-refractivity contribution in [2.45, 2.75) is 6.85 Å². The van der Waals surface area contributed by atoms with Gasteiger partial charge in [-0.3, -0.25) is 4.98 Å². The van der Waals surface area contributed by atoms with Crippen molar-refractivity contribution in [3.63, 3.8) is 0 Å². The van der Waals surface area contributed by atoms with Gasteiger partial charge in [0, 0.05) is 41.2 Å². The number of pyridine rings is 1. The maximum Gasteiger partial charge on any atom is 0.253 e. The van der Waals surface area contributed by atoms with E-state index in [1.54, 1.807) is 35.3 Å². The summed E-state index contributed by atoms with van der Waals surface area (Å²) in [6.07, 6.45) is 3.48. The number of anilines is 1. The van der Waals surface area contributed by atoms with E-state index >= 15 is 0 Å². The number of hydrogen-bond acceptors (Lipinski definition) is 7. The van der Waals surface area contributed by atoms with E-state index in [-0.39, 0.29) is 5.56 Å². The lowest BCUT2D eigenvalue weighted by Crippen LogP contribution is -2.37. The number of rotatable bonds is 4. The lowest BCUT2D eigenvalue weighted by Gasteiger charge is -2.27. The average Bonchev–Trinajstić information content (AvgIpc) is 3.57. The molecule has 1 fully saturated rings. The lowest BCUT2D eigenvalue weighted by molar-refractivity contribution is 0.122. The van der Waals surface area contributed by atoms with Crippen LogP contribution in [0.4, 0.5) is 5.82 Å². The Morgan fingerprint density at radius 3 is 2.76 bits per heavy atom. The van der Waals surface area contributed by atoms with Gasteiger partial charge < -0.3 is 14.1 Å². The quantitative estimate of drug-likeness (QED) is 0.412. The molecule has 0 amide bonds. The summed E-state index contributed by atoms with van der Waals surface area (Å²) in [5, 5.41) is 4.65. The van der Waals surface area contributed by atoms with Gasteiger partial charge in [0.05, 0.1) is 18.9 Å². The topological polar surface area (TPSA) is 82.1 Å². The summed E-state index contributed by atoms with van der Waals surface area (Å²) in [4.78, 5) is 16.1. The molecule has 164 valence electrons. The fourth-order valence-electron chi connectivity index (χ4n) is 3.90. The molecule has 1 saturated heterocycles. The summed E-state index contributed by atoms with van der Waals surface area (Å²) >= 11 is 0. The van der Waals surface area contributed by atoms with Crippen LogP contribution in [0.3, 0.4) is 0 Å². The summed E-state index contributed by atoms with van der Waals surface area (Å²) in [6.45, 7) is 0.363. The average molecular weight is 442 g/mol. The Labute approximate surface area is 194 Å². The molecule has 1 aromatic carbocycles. The zero-order valence-electron chi connectivity index (χ0n) is 20.7. The Balaban J connectivity index is 1.44. The molecular formula is C25H22N6O2. The predicted octanol–water partition coefficient (Wildman–Crippen LogP) is 4.28. The summed E-state index contributed by atoms with van der Waals surface area (Å²) in [5.74, 6) is 1.66. The third-order valence-electron chi connectivity index (χ3n) is 5.52. The second-order valence-electron chi connectivity index (χ2n) is 7.71. The van der Waals surface area contributed by atoms with E-state index in [0.717, 1.165) is 0 Å². The Kier molecular flexibility index (Phi) is 4.09. The van der Waals surface area contributed by atoms with Crippen LogP contribution in [0.25, 0.3) is 39.8 Å². The van der Waals surface area contributed by atoms with E-state index in [0.29, 0.717) is 71.9 Å². The summed E-state index contributed by atoms with van der Waals surface area (Å²) in [6, 6.07) is 16.1. The molecule has 0 radical (unpaired) electrons. The number of aromatic nitrogens is 5. The molecule has 8 heteroatoms. The zero-order valence-corrected chi connectivity index (χ0v) is 17.7. The van der Waals surface area contributed by atoms with Crippen LogP contribution >= 0.6 is 0 Å². The minimum atomic E-state index is -2.19. The molecule has 0 unspecified atom stereocenters. The monoisotopic (exact) mass is 441 g/mol. The Hall–Kier alpha value is -4.04. The molecule has 5 aromatic rings. The molecule has 33 heavy (non-hydrogen) atoms. The number of hydrogen-bond donors (Lipinski definition) is 0. The van der Waals surface area contributed by atoms with Crippen LogP contribution < -0.4 is 4.90 Å². The number of nitrogens with zero attached hydrogens (tertiary/aromatic N) is 6. The Bertz CT molecular complexity index is 1520. The van der Waals surface area contributed by atoms with Crippen molar-refractivity contribution in [1.29, 1.82) is 0 Å². The van der Waals surface area contributed by atoms with Crippen molar-refractivity contribution in [3.05, 3.63) is 72.6 Å². The van der Waals surface area contributed by atoms with Crippen molar-refractivity contribution >= 4 is 16.9 Å². The highest BCUT2D eigenvalue weighted by atomic mass is 16.5. The number of aryl methyl sites for hydroxylation is 1. The zero-order chi connectivity index (χ0) is 24.7. The molecule has 0 aliphatic carbocycles. The number of morpholine rings is 1. The highest BCUT2D eigenvalue weighted by molar-refractivity contribution is 5.88. The highest BCUT2D eigenvalue weighted by Crippen LogP contribution is 2.32. The van der Waals surface area contributed by atoms with Crippen LogP contribution in [0.5, 0.6) is 0 Å². The third kappa shape index (κ3) is 3.74. The van der Waals surface area contributed by atoms with Gasteiger partial charge in [0.15, 0.2) is 17.2 Å². The van der Waals surface area contributed by atoms with Crippen LogP contribution in [0.2, 0.25) is 0 Å². The van der Waals surface area contributed by atoms with E-state index in [9.17, 15) is 0 Å². The van der Waals surface area contributed by atoms with Crippen LogP contribution in [0, 0.1) is 6.85 Å². The van der Waals surface area contributed by atoms with Crippen molar-refractivity contribution in [1.82, 2.24) is 24.7 Å². The van der Waals surface area contributed by atoms with Crippen molar-refractivity contribution in [3.8, 4) is 28.7 Å². The number of ether oxygens (including phenoxy) is 1. The molecule has 6 rings (SSSR count). The molecule has 1 aliphatic rings. The number of fused-ring (bicyclic) bond motifs is 1. The van der Waals surface area contributed by atoms with Gasteiger partial charge in [-0.1, -0.05) is 29.8 Å². The van der Waals surface area contributed by atoms with Crippen molar-refractivity contribution < 1.29 is 13.3 Å². The molecule has 0 atom stereocenters. The van der Waals surface area contributed by atoms with Gasteiger partial charge in [-0.05, 0) is 31.1 Å². The molecule has 4 aromatic heterocycles. The standard InChI is InChI=1S/C25H22N6O2/c1-17-5-4-6-18(15-17)19-8-10-31(29-19)25-27-21-16-22(20-7-2-3-9-26-20)33-23(21)24(28-25)30-11-13-32-14-12-30/h2-10,15-16H,11-14H2,1H3/i1D3. The largest absolute Gasteiger partial charge is 0.449 e. The Morgan fingerprint density at radius 2 is 1.91 bits per heavy atom. The molecule has 0 bridgehead atoms. The fraction of sp³-hybridized carbons (Fsp3) is 0.200. The number of furan rings is 1. The van der Waals surface area contributed by atoms with Gasteiger partial charge in [-0.25, -0.2) is 9.67 Å². The first-order valence-corrected chi connectivity index (χ1v) is 10.7. The third-order valence-corrected chi connectivity index (χ3v) is 5.52. The summed E-state index contributed by atoms with van der Waals surface area (Å²) in [7, 11) is 0. The van der Waals surface area contributed by atoms with Crippen LogP contribution in [-0.2, 0) is 4.74 Å². The van der Waals surface area contributed by atoms with E-state index < -0.39 is 6.85 Å². The molecule has 0 saturated carbocycles. The SMILES string of the molecule is [2H]C([2H])([2H])c1cccc(-c2ccn(-c3nc(N4CCOCC4)c4oc(-c5ccccn5)cc4n3)n2)c1. The Morgan fingerprint density at radius 1 is 0.970 bits per heavy atom. The second-order valence-corrected chi connectivity index (χ2v) is 7.71. The summed E-state index contributed by atoms with van der Waals surface area (Å²) < 4.78 is 36.4. The normalized spacial score (nSPS) is 15.9. The first kappa shape index (κ1) is 16.6. The van der Waals surface area contributed by atoms with Crippen molar-refractivity contribution in [2.75, 3.05) is 31.2 Å².